The molecule has 4 rings (SSSR count). The van der Waals surface area contributed by atoms with Crippen molar-refractivity contribution < 1.29 is 9.53 Å². The quantitative estimate of drug-likeness (QED) is 0.459. The van der Waals surface area contributed by atoms with E-state index in [-0.39, 0.29) is 6.03 Å². The van der Waals surface area contributed by atoms with Crippen molar-refractivity contribution in [2.75, 3.05) is 45.2 Å². The lowest BCUT2D eigenvalue weighted by Crippen LogP contribution is -2.54. The number of hydrogen-bond donors (Lipinski definition) is 2. The van der Waals surface area contributed by atoms with Crippen molar-refractivity contribution in [3.63, 3.8) is 0 Å². The van der Waals surface area contributed by atoms with Crippen molar-refractivity contribution in [3.05, 3.63) is 51.5 Å². The third kappa shape index (κ3) is 6.54. The van der Waals surface area contributed by atoms with E-state index < -0.39 is 0 Å². The van der Waals surface area contributed by atoms with Gasteiger partial charge in [-0.15, -0.1) is 22.7 Å². The van der Waals surface area contributed by atoms with Crippen LogP contribution in [0.3, 0.4) is 0 Å². The number of urea groups is 1. The fourth-order valence-electron chi connectivity index (χ4n) is 3.93. The summed E-state index contributed by atoms with van der Waals surface area (Å²) in [4.78, 5) is 21.0. The fraction of sp³-hybridized carbons (Fsp3) is 0.417. The van der Waals surface area contributed by atoms with Crippen molar-refractivity contribution in [1.29, 1.82) is 0 Å². The zero-order valence-electron chi connectivity index (χ0n) is 19.2. The summed E-state index contributed by atoms with van der Waals surface area (Å²) in [5.74, 6) is 0.785. The maximum Gasteiger partial charge on any atom is 0.335 e. The number of ether oxygens (including phenoxy) is 1. The third-order valence-corrected chi connectivity index (χ3v) is 7.38. The number of piperazine rings is 1. The minimum Gasteiger partial charge on any atom is -0.496 e. The van der Waals surface area contributed by atoms with E-state index in [9.17, 15) is 4.79 Å². The zero-order chi connectivity index (χ0) is 23.0. The van der Waals surface area contributed by atoms with Crippen molar-refractivity contribution in [2.45, 2.75) is 26.2 Å². The van der Waals surface area contributed by atoms with Gasteiger partial charge in [-0.3, -0.25) is 10.7 Å². The van der Waals surface area contributed by atoms with Gasteiger partial charge in [0.15, 0.2) is 5.13 Å². The van der Waals surface area contributed by atoms with Gasteiger partial charge in [-0.2, -0.15) is 0 Å². The molecule has 1 fully saturated rings. The van der Waals surface area contributed by atoms with Gasteiger partial charge in [-0.25, -0.2) is 14.8 Å². The number of benzene rings is 1. The Morgan fingerprint density at radius 1 is 1.15 bits per heavy atom. The van der Waals surface area contributed by atoms with Crippen LogP contribution in [0, 0.1) is 0 Å². The molecule has 0 radical (unpaired) electrons. The van der Waals surface area contributed by atoms with E-state index in [2.05, 4.69) is 57.2 Å². The van der Waals surface area contributed by atoms with Crippen LogP contribution in [0.15, 0.2) is 41.1 Å². The van der Waals surface area contributed by atoms with E-state index in [0.29, 0.717) is 5.13 Å². The lowest BCUT2D eigenvalue weighted by atomic mass is 10.0. The number of aromatic nitrogens is 1. The number of thiophene rings is 1. The molecule has 2 aromatic heterocycles. The normalized spacial score (nSPS) is 14.8. The highest BCUT2D eigenvalue weighted by atomic mass is 32.1. The second kappa shape index (κ2) is 11.6. The molecule has 9 heteroatoms. The predicted octanol–water partition coefficient (Wildman–Crippen LogP) is 4.73. The van der Waals surface area contributed by atoms with Gasteiger partial charge < -0.3 is 9.64 Å². The van der Waals surface area contributed by atoms with Crippen molar-refractivity contribution in [2.24, 2.45) is 0 Å². The van der Waals surface area contributed by atoms with Crippen LogP contribution < -0.4 is 15.5 Å². The molecule has 7 nitrogen and oxygen atoms in total. The highest BCUT2D eigenvalue weighted by molar-refractivity contribution is 7.14. The predicted molar refractivity (Wildman–Crippen MR) is 136 cm³/mol. The maximum atomic E-state index is 12.5. The summed E-state index contributed by atoms with van der Waals surface area (Å²) in [6, 6.07) is 10.2. The van der Waals surface area contributed by atoms with Crippen LogP contribution in [-0.4, -0.2) is 60.8 Å². The molecule has 33 heavy (non-hydrogen) atoms. The fourth-order valence-corrected chi connectivity index (χ4v) is 5.33. The smallest absolute Gasteiger partial charge is 0.335 e. The molecule has 0 bridgehead atoms. The first-order valence-corrected chi connectivity index (χ1v) is 13.1. The Morgan fingerprint density at radius 3 is 2.73 bits per heavy atom. The summed E-state index contributed by atoms with van der Waals surface area (Å²) >= 11 is 3.23. The molecule has 0 spiro atoms. The molecule has 2 N–H and O–H groups in total. The molecule has 0 atom stereocenters. The number of nitrogens with zero attached hydrogens (tertiary/aromatic N) is 3. The molecule has 1 aliphatic heterocycles. The average molecular weight is 486 g/mol. The molecule has 3 aromatic rings. The molecule has 3 heterocycles. The average Bonchev–Trinajstić information content (AvgIpc) is 3.51. The first-order valence-electron chi connectivity index (χ1n) is 11.3. The molecule has 1 aromatic carbocycles. The van der Waals surface area contributed by atoms with Gasteiger partial charge >= 0.3 is 6.03 Å². The number of amides is 2. The van der Waals surface area contributed by atoms with Crippen LogP contribution >= 0.6 is 22.7 Å². The SMILES string of the molecule is CCCc1ccc(OC)c(-c2csc(NC(=O)NN3CCN(CCc4cccs4)CC3)n2)c1. The second-order valence-corrected chi connectivity index (χ2v) is 9.94. The molecule has 0 unspecified atom stereocenters. The summed E-state index contributed by atoms with van der Waals surface area (Å²) in [6.07, 6.45) is 3.18. The van der Waals surface area contributed by atoms with E-state index in [1.165, 1.54) is 21.8 Å². The monoisotopic (exact) mass is 485 g/mol. The van der Waals surface area contributed by atoms with Gasteiger partial charge in [0.1, 0.15) is 5.75 Å². The Kier molecular flexibility index (Phi) is 8.33. The van der Waals surface area contributed by atoms with E-state index in [4.69, 9.17) is 4.74 Å². The van der Waals surface area contributed by atoms with Crippen LogP contribution in [0.1, 0.15) is 23.8 Å². The minimum absolute atomic E-state index is 0.255. The van der Waals surface area contributed by atoms with E-state index in [0.717, 1.165) is 69.0 Å². The Hall–Kier alpha value is -2.46. The van der Waals surface area contributed by atoms with Crippen molar-refractivity contribution in [3.8, 4) is 17.0 Å². The van der Waals surface area contributed by atoms with E-state index >= 15 is 0 Å². The van der Waals surface area contributed by atoms with Gasteiger partial charge in [-0.1, -0.05) is 25.5 Å². The van der Waals surface area contributed by atoms with Crippen LogP contribution in [-0.2, 0) is 12.8 Å². The highest BCUT2D eigenvalue weighted by Crippen LogP contribution is 2.33. The van der Waals surface area contributed by atoms with Crippen LogP contribution in [0.5, 0.6) is 5.75 Å². The molecule has 1 saturated heterocycles. The maximum absolute atomic E-state index is 12.5. The van der Waals surface area contributed by atoms with Crippen LogP contribution in [0.25, 0.3) is 11.3 Å². The largest absolute Gasteiger partial charge is 0.496 e. The molecular formula is C24H31N5O2S2. The molecular weight excluding hydrogens is 454 g/mol. The Morgan fingerprint density at radius 2 is 2.00 bits per heavy atom. The number of anilines is 1. The minimum atomic E-state index is -0.255. The van der Waals surface area contributed by atoms with Crippen LogP contribution in [0.4, 0.5) is 9.93 Å². The number of rotatable bonds is 9. The summed E-state index contributed by atoms with van der Waals surface area (Å²) in [6.45, 7) is 6.73. The summed E-state index contributed by atoms with van der Waals surface area (Å²) in [5, 5.41) is 9.50. The van der Waals surface area contributed by atoms with Gasteiger partial charge in [0, 0.05) is 48.5 Å². The number of hydrazine groups is 1. The van der Waals surface area contributed by atoms with Gasteiger partial charge in [0.25, 0.3) is 0 Å². The zero-order valence-corrected chi connectivity index (χ0v) is 20.8. The molecule has 176 valence electrons. The molecule has 0 saturated carbocycles. The Labute approximate surface area is 203 Å². The number of carbonyl (C=O) groups excluding carboxylic acids is 1. The number of carbonyl (C=O) groups is 1. The number of methoxy groups -OCH3 is 1. The number of thiazole rings is 1. The van der Waals surface area contributed by atoms with E-state index in [1.54, 1.807) is 7.11 Å². The van der Waals surface area contributed by atoms with Gasteiger partial charge in [0.05, 0.1) is 12.8 Å². The first-order chi connectivity index (χ1) is 16.1. The Balaban J connectivity index is 1.27. The number of nitrogens with one attached hydrogen (secondary N) is 2. The molecule has 1 aliphatic rings. The number of aryl methyl sites for hydroxylation is 1. The standard InChI is InChI=1S/C24H31N5O2S2/c1-3-5-18-7-8-22(31-2)20(16-18)21-17-33-24(25-21)26-23(30)27-29-13-11-28(12-14-29)10-9-19-6-4-15-32-19/h4,6-8,15-17H,3,5,9-14H2,1-2H3,(H2,25,26,27,30). The summed E-state index contributed by atoms with van der Waals surface area (Å²) in [7, 11) is 1.67. The lowest BCUT2D eigenvalue weighted by molar-refractivity contribution is 0.102. The number of hydrogen-bond acceptors (Lipinski definition) is 7. The summed E-state index contributed by atoms with van der Waals surface area (Å²) < 4.78 is 5.53. The van der Waals surface area contributed by atoms with E-state index in [1.807, 2.05) is 27.8 Å². The Bertz CT molecular complexity index is 1030. The topological polar surface area (TPSA) is 69.7 Å². The first kappa shape index (κ1) is 23.7. The van der Waals surface area contributed by atoms with Gasteiger partial charge in [0.2, 0.25) is 0 Å². The second-order valence-electron chi connectivity index (χ2n) is 8.05. The van der Waals surface area contributed by atoms with Crippen molar-refractivity contribution >= 4 is 33.8 Å². The summed E-state index contributed by atoms with van der Waals surface area (Å²) in [5.41, 5.74) is 5.97. The molecule has 2 amide bonds. The van der Waals surface area contributed by atoms with Crippen molar-refractivity contribution in [1.82, 2.24) is 20.3 Å². The van der Waals surface area contributed by atoms with Crippen LogP contribution in [0.2, 0.25) is 0 Å². The third-order valence-electron chi connectivity index (χ3n) is 5.69. The van der Waals surface area contributed by atoms with Gasteiger partial charge in [-0.05, 0) is 42.0 Å². The highest BCUT2D eigenvalue weighted by Gasteiger charge is 2.19. The molecule has 0 aliphatic carbocycles. The lowest BCUT2D eigenvalue weighted by Gasteiger charge is -2.34.